The molecule has 0 radical (unpaired) electrons. The maximum absolute atomic E-state index is 6.49. The molecule has 1 spiro atoms. The summed E-state index contributed by atoms with van der Waals surface area (Å²) in [6.45, 7) is 11.0. The van der Waals surface area contributed by atoms with Crippen LogP contribution in [0.5, 0.6) is 0 Å². The number of hydrogen-bond acceptors (Lipinski definition) is 2. The molecule has 1 saturated heterocycles. The van der Waals surface area contributed by atoms with Crippen LogP contribution in [0.25, 0.3) is 0 Å². The highest BCUT2D eigenvalue weighted by molar-refractivity contribution is 5.20. The van der Waals surface area contributed by atoms with Gasteiger partial charge in [-0.3, -0.25) is 0 Å². The van der Waals surface area contributed by atoms with Crippen molar-refractivity contribution in [2.45, 2.75) is 77.8 Å². The minimum absolute atomic E-state index is 0.180. The van der Waals surface area contributed by atoms with Gasteiger partial charge in [-0.15, -0.1) is 0 Å². The molecule has 2 aliphatic heterocycles. The number of rotatable bonds is 0. The van der Waals surface area contributed by atoms with E-state index in [1.807, 2.05) is 0 Å². The van der Waals surface area contributed by atoms with E-state index in [1.54, 1.807) is 0 Å². The predicted octanol–water partition coefficient (Wildman–Crippen LogP) is 5.17. The Morgan fingerprint density at radius 1 is 1.09 bits per heavy atom. The zero-order valence-corrected chi connectivity index (χ0v) is 14.7. The van der Waals surface area contributed by atoms with Crippen LogP contribution in [-0.2, 0) is 9.47 Å². The highest BCUT2D eigenvalue weighted by atomic mass is 16.7. The first-order chi connectivity index (χ1) is 10.3. The maximum atomic E-state index is 6.49. The van der Waals surface area contributed by atoms with E-state index in [-0.39, 0.29) is 11.7 Å². The van der Waals surface area contributed by atoms with Gasteiger partial charge in [0.15, 0.2) is 5.79 Å². The number of allylic oxidation sites excluding steroid dienone is 3. The van der Waals surface area contributed by atoms with Crippen LogP contribution in [0, 0.1) is 11.8 Å². The molecule has 1 aliphatic carbocycles. The molecule has 4 atom stereocenters. The fourth-order valence-electron chi connectivity index (χ4n) is 4.07. The van der Waals surface area contributed by atoms with Gasteiger partial charge in [0.25, 0.3) is 0 Å². The summed E-state index contributed by atoms with van der Waals surface area (Å²) in [7, 11) is 0. The van der Waals surface area contributed by atoms with Crippen LogP contribution >= 0.6 is 0 Å². The van der Waals surface area contributed by atoms with Crippen molar-refractivity contribution in [3.63, 3.8) is 0 Å². The van der Waals surface area contributed by atoms with Crippen LogP contribution in [0.4, 0.5) is 0 Å². The van der Waals surface area contributed by atoms with E-state index in [4.69, 9.17) is 9.47 Å². The normalized spacial score (nSPS) is 46.0. The summed E-state index contributed by atoms with van der Waals surface area (Å²) < 4.78 is 12.8. The molecule has 0 aromatic heterocycles. The van der Waals surface area contributed by atoms with Crippen LogP contribution in [-0.4, -0.2) is 17.5 Å². The second-order valence-electron chi connectivity index (χ2n) is 7.94. The summed E-state index contributed by atoms with van der Waals surface area (Å²) in [5, 5.41) is 0. The molecule has 0 N–H and O–H groups in total. The Bertz CT molecular complexity index is 526. The third-order valence-electron chi connectivity index (χ3n) is 5.51. The average Bonchev–Trinajstić information content (AvgIpc) is 2.86. The summed E-state index contributed by atoms with van der Waals surface area (Å²) >= 11 is 0. The van der Waals surface area contributed by atoms with Crippen LogP contribution in [0.1, 0.15) is 60.3 Å². The second kappa shape index (κ2) is 5.65. The van der Waals surface area contributed by atoms with E-state index in [0.29, 0.717) is 11.8 Å². The maximum Gasteiger partial charge on any atom is 0.192 e. The van der Waals surface area contributed by atoms with Crippen LogP contribution in [0.2, 0.25) is 0 Å². The molecule has 0 aromatic rings. The zero-order chi connectivity index (χ0) is 16.0. The molecule has 3 rings (SSSR count). The van der Waals surface area contributed by atoms with Crippen molar-refractivity contribution in [1.29, 1.82) is 0 Å². The van der Waals surface area contributed by atoms with Gasteiger partial charge in [0.2, 0.25) is 0 Å². The van der Waals surface area contributed by atoms with Crippen molar-refractivity contribution in [3.05, 3.63) is 35.5 Å². The fourth-order valence-corrected chi connectivity index (χ4v) is 4.07. The minimum atomic E-state index is -0.527. The SMILES string of the molecule is C/C1=C\[C@@H]2O[C@@]3(C=CC(C)(C)O3)[C@H](C)[C@H]2CC/C(C)=C/CC1. The standard InChI is InChI=1S/C20H30O2/c1-14-7-6-8-15(2)13-18-17(10-9-14)16(3)20(21-18)12-11-19(4,5)22-20/h7,11-13,16-18H,6,8-10H2,1-5H3/b14-7+,15-13+/t16-,17-,18+,20-/m1/s1. The summed E-state index contributed by atoms with van der Waals surface area (Å²) in [4.78, 5) is 0. The average molecular weight is 302 g/mol. The lowest BCUT2D eigenvalue weighted by atomic mass is 9.81. The monoisotopic (exact) mass is 302 g/mol. The third-order valence-corrected chi connectivity index (χ3v) is 5.51. The Kier molecular flexibility index (Phi) is 4.11. The Hall–Kier alpha value is -0.860. The lowest BCUT2D eigenvalue weighted by Crippen LogP contribution is -2.38. The zero-order valence-electron chi connectivity index (χ0n) is 14.7. The Morgan fingerprint density at radius 2 is 1.86 bits per heavy atom. The molecule has 0 bridgehead atoms. The summed E-state index contributed by atoms with van der Waals surface area (Å²) in [5.41, 5.74) is 2.73. The second-order valence-corrected chi connectivity index (χ2v) is 7.94. The molecule has 0 saturated carbocycles. The Labute approximate surface area is 135 Å². The smallest absolute Gasteiger partial charge is 0.192 e. The van der Waals surface area contributed by atoms with Crippen molar-refractivity contribution in [2.24, 2.45) is 11.8 Å². The van der Waals surface area contributed by atoms with Crippen molar-refractivity contribution >= 4 is 0 Å². The largest absolute Gasteiger partial charge is 0.338 e. The molecular formula is C20H30O2. The van der Waals surface area contributed by atoms with E-state index in [0.717, 1.165) is 12.8 Å². The molecule has 3 aliphatic rings. The van der Waals surface area contributed by atoms with Gasteiger partial charge in [-0.05, 0) is 65.4 Å². The van der Waals surface area contributed by atoms with Crippen LogP contribution < -0.4 is 0 Å². The van der Waals surface area contributed by atoms with Crippen molar-refractivity contribution in [1.82, 2.24) is 0 Å². The van der Waals surface area contributed by atoms with E-state index < -0.39 is 5.79 Å². The molecule has 1 fully saturated rings. The molecular weight excluding hydrogens is 272 g/mol. The topological polar surface area (TPSA) is 18.5 Å². The molecule has 0 aromatic carbocycles. The van der Waals surface area contributed by atoms with E-state index in [1.165, 1.54) is 24.0 Å². The van der Waals surface area contributed by atoms with Crippen LogP contribution in [0.15, 0.2) is 35.5 Å². The van der Waals surface area contributed by atoms with E-state index >= 15 is 0 Å². The number of ether oxygens (including phenoxy) is 2. The lowest BCUT2D eigenvalue weighted by molar-refractivity contribution is -0.227. The molecule has 0 unspecified atom stereocenters. The number of fused-ring (bicyclic) bond motifs is 1. The summed E-state index contributed by atoms with van der Waals surface area (Å²) in [6, 6.07) is 0. The quantitative estimate of drug-likeness (QED) is 0.575. The lowest BCUT2D eigenvalue weighted by Gasteiger charge is -2.31. The van der Waals surface area contributed by atoms with E-state index in [9.17, 15) is 0 Å². The Balaban J connectivity index is 1.88. The first-order valence-electron chi connectivity index (χ1n) is 8.73. The highest BCUT2D eigenvalue weighted by Crippen LogP contribution is 2.50. The summed E-state index contributed by atoms with van der Waals surface area (Å²) in [6.07, 6.45) is 13.9. The number of hydrogen-bond donors (Lipinski definition) is 0. The molecule has 2 heteroatoms. The predicted molar refractivity (Wildman–Crippen MR) is 90.5 cm³/mol. The molecule has 122 valence electrons. The fraction of sp³-hybridized carbons (Fsp3) is 0.700. The van der Waals surface area contributed by atoms with Crippen molar-refractivity contribution in [2.75, 3.05) is 0 Å². The van der Waals surface area contributed by atoms with Crippen molar-refractivity contribution < 1.29 is 9.47 Å². The van der Waals surface area contributed by atoms with Gasteiger partial charge in [0.1, 0.15) is 0 Å². The van der Waals surface area contributed by atoms with Gasteiger partial charge in [-0.2, -0.15) is 0 Å². The van der Waals surface area contributed by atoms with Crippen LogP contribution in [0.3, 0.4) is 0 Å². The summed E-state index contributed by atoms with van der Waals surface area (Å²) in [5.74, 6) is 0.378. The molecule has 2 heterocycles. The van der Waals surface area contributed by atoms with Gasteiger partial charge in [-0.1, -0.05) is 36.3 Å². The third kappa shape index (κ3) is 2.96. The van der Waals surface area contributed by atoms with Gasteiger partial charge in [0, 0.05) is 5.92 Å². The Morgan fingerprint density at radius 3 is 2.55 bits per heavy atom. The van der Waals surface area contributed by atoms with Gasteiger partial charge < -0.3 is 9.47 Å². The molecule has 0 amide bonds. The van der Waals surface area contributed by atoms with Gasteiger partial charge in [-0.25, -0.2) is 0 Å². The highest BCUT2D eigenvalue weighted by Gasteiger charge is 2.55. The van der Waals surface area contributed by atoms with Crippen molar-refractivity contribution in [3.8, 4) is 0 Å². The van der Waals surface area contributed by atoms with Gasteiger partial charge >= 0.3 is 0 Å². The minimum Gasteiger partial charge on any atom is -0.338 e. The van der Waals surface area contributed by atoms with Gasteiger partial charge in [0.05, 0.1) is 11.7 Å². The molecule has 2 nitrogen and oxygen atoms in total. The molecule has 22 heavy (non-hydrogen) atoms. The first kappa shape index (κ1) is 16.0. The van der Waals surface area contributed by atoms with E-state index in [2.05, 4.69) is 58.9 Å². The first-order valence-corrected chi connectivity index (χ1v) is 8.73.